The number of hydrogen-bond donors (Lipinski definition) is 1. The molecule has 1 aliphatic heterocycles. The summed E-state index contributed by atoms with van der Waals surface area (Å²) in [5.74, 6) is 0.949. The second-order valence-corrected chi connectivity index (χ2v) is 7.43. The summed E-state index contributed by atoms with van der Waals surface area (Å²) in [5.41, 5.74) is 1.88. The van der Waals surface area contributed by atoms with E-state index in [1.54, 1.807) is 17.0 Å². The van der Waals surface area contributed by atoms with Gasteiger partial charge in [-0.3, -0.25) is 14.9 Å². The first-order chi connectivity index (χ1) is 15.5. The molecule has 2 heterocycles. The molecule has 4 rings (SSSR count). The summed E-state index contributed by atoms with van der Waals surface area (Å²) in [6, 6.07) is 14.7. The lowest BCUT2D eigenvalue weighted by molar-refractivity contribution is -0.118. The molecule has 1 atom stereocenters. The third-order valence-electron chi connectivity index (χ3n) is 5.01. The summed E-state index contributed by atoms with van der Waals surface area (Å²) in [6.45, 7) is 4.70. The maximum atomic E-state index is 12.5. The van der Waals surface area contributed by atoms with Gasteiger partial charge in [0.1, 0.15) is 11.5 Å². The van der Waals surface area contributed by atoms with Gasteiger partial charge in [0.2, 0.25) is 11.8 Å². The zero-order valence-electron chi connectivity index (χ0n) is 17.9. The number of ether oxygens (including phenoxy) is 2. The fraction of sp³-hybridized carbons (Fsp3) is 0.304. The van der Waals surface area contributed by atoms with E-state index in [1.165, 1.54) is 0 Å². The van der Waals surface area contributed by atoms with Gasteiger partial charge >= 0.3 is 6.01 Å². The summed E-state index contributed by atoms with van der Waals surface area (Å²) in [4.78, 5) is 26.3. The molecule has 1 N–H and O–H groups in total. The van der Waals surface area contributed by atoms with Gasteiger partial charge in [0.15, 0.2) is 6.61 Å². The van der Waals surface area contributed by atoms with Crippen LogP contribution >= 0.6 is 0 Å². The molecule has 32 heavy (non-hydrogen) atoms. The minimum atomic E-state index is -0.417. The Morgan fingerprint density at radius 3 is 2.50 bits per heavy atom. The molecular weight excluding hydrogens is 412 g/mol. The van der Waals surface area contributed by atoms with Crippen molar-refractivity contribution in [3.05, 3.63) is 60.0 Å². The second kappa shape index (κ2) is 9.51. The van der Waals surface area contributed by atoms with Crippen LogP contribution in [0.5, 0.6) is 11.5 Å². The average molecular weight is 436 g/mol. The molecule has 0 bridgehead atoms. The second-order valence-electron chi connectivity index (χ2n) is 7.43. The Morgan fingerprint density at radius 1 is 1.09 bits per heavy atom. The quantitative estimate of drug-likeness (QED) is 0.577. The van der Waals surface area contributed by atoms with Crippen molar-refractivity contribution in [3.63, 3.8) is 0 Å². The van der Waals surface area contributed by atoms with Crippen LogP contribution in [0, 0.1) is 6.92 Å². The van der Waals surface area contributed by atoms with E-state index in [2.05, 4.69) is 15.5 Å². The minimum Gasteiger partial charge on any atom is -0.494 e. The van der Waals surface area contributed by atoms with Crippen LogP contribution < -0.4 is 19.7 Å². The van der Waals surface area contributed by atoms with Gasteiger partial charge in [-0.05, 0) is 50.2 Å². The molecular formula is C23H24N4O5. The van der Waals surface area contributed by atoms with Crippen molar-refractivity contribution in [2.75, 3.05) is 30.0 Å². The number of aryl methyl sites for hydroxylation is 1. The maximum Gasteiger partial charge on any atom is 0.322 e. The Morgan fingerprint density at radius 2 is 1.78 bits per heavy atom. The Bertz CT molecular complexity index is 1080. The zero-order valence-corrected chi connectivity index (χ0v) is 17.9. The normalized spacial score (nSPS) is 15.6. The number of amides is 2. The predicted molar refractivity (Wildman–Crippen MR) is 117 cm³/mol. The smallest absolute Gasteiger partial charge is 0.322 e. The molecule has 2 aromatic carbocycles. The highest BCUT2D eigenvalue weighted by Gasteiger charge is 2.35. The Labute approximate surface area is 185 Å². The molecule has 166 valence electrons. The van der Waals surface area contributed by atoms with Gasteiger partial charge in [-0.2, -0.15) is 0 Å². The topological polar surface area (TPSA) is 107 Å². The van der Waals surface area contributed by atoms with Crippen molar-refractivity contribution >= 4 is 23.5 Å². The number of nitrogens with one attached hydrogen (secondary N) is 1. The summed E-state index contributed by atoms with van der Waals surface area (Å²) < 4.78 is 16.5. The van der Waals surface area contributed by atoms with E-state index in [9.17, 15) is 9.59 Å². The van der Waals surface area contributed by atoms with Gasteiger partial charge in [0.05, 0.1) is 12.5 Å². The minimum absolute atomic E-state index is 0.0236. The van der Waals surface area contributed by atoms with Crippen molar-refractivity contribution in [2.24, 2.45) is 0 Å². The molecule has 2 amide bonds. The summed E-state index contributed by atoms with van der Waals surface area (Å²) in [6.07, 6.45) is 0.249. The fourth-order valence-corrected chi connectivity index (χ4v) is 3.40. The first-order valence-corrected chi connectivity index (χ1v) is 10.4. The van der Waals surface area contributed by atoms with E-state index >= 15 is 0 Å². The molecule has 3 aromatic rings. The molecule has 0 spiro atoms. The number of nitrogens with zero attached hydrogens (tertiary/aromatic N) is 3. The SMILES string of the molecule is CCOc1ccc(N2CC(c3nnc(NC(=O)COc4ccc(C)cc4)o3)CC2=O)cc1. The van der Waals surface area contributed by atoms with Gasteiger partial charge in [-0.15, -0.1) is 5.10 Å². The summed E-state index contributed by atoms with van der Waals surface area (Å²) >= 11 is 0. The summed E-state index contributed by atoms with van der Waals surface area (Å²) in [7, 11) is 0. The predicted octanol–water partition coefficient (Wildman–Crippen LogP) is 3.31. The molecule has 0 aliphatic carbocycles. The number of carbonyl (C=O) groups is 2. The highest BCUT2D eigenvalue weighted by Crippen LogP contribution is 2.32. The summed E-state index contributed by atoms with van der Waals surface area (Å²) in [5, 5.41) is 10.4. The fourth-order valence-electron chi connectivity index (χ4n) is 3.40. The van der Waals surface area contributed by atoms with E-state index in [-0.39, 0.29) is 30.9 Å². The van der Waals surface area contributed by atoms with E-state index < -0.39 is 5.91 Å². The Hall–Kier alpha value is -3.88. The van der Waals surface area contributed by atoms with Crippen molar-refractivity contribution in [1.29, 1.82) is 0 Å². The van der Waals surface area contributed by atoms with Crippen LogP contribution in [-0.2, 0) is 9.59 Å². The van der Waals surface area contributed by atoms with Gasteiger partial charge < -0.3 is 18.8 Å². The van der Waals surface area contributed by atoms with Gasteiger partial charge in [-0.25, -0.2) is 0 Å². The Balaban J connectivity index is 1.32. The molecule has 9 nitrogen and oxygen atoms in total. The number of carbonyl (C=O) groups excluding carboxylic acids is 2. The van der Waals surface area contributed by atoms with E-state index in [0.717, 1.165) is 17.0 Å². The van der Waals surface area contributed by atoms with Crippen LogP contribution in [0.2, 0.25) is 0 Å². The Kier molecular flexibility index (Phi) is 6.34. The number of anilines is 2. The highest BCUT2D eigenvalue weighted by molar-refractivity contribution is 5.96. The molecule has 0 saturated carbocycles. The van der Waals surface area contributed by atoms with E-state index in [4.69, 9.17) is 13.9 Å². The monoisotopic (exact) mass is 436 g/mol. The van der Waals surface area contributed by atoms with Crippen LogP contribution in [0.25, 0.3) is 0 Å². The van der Waals surface area contributed by atoms with E-state index in [0.29, 0.717) is 24.8 Å². The van der Waals surface area contributed by atoms with E-state index in [1.807, 2.05) is 50.2 Å². The van der Waals surface area contributed by atoms with Crippen molar-refractivity contribution in [1.82, 2.24) is 10.2 Å². The van der Waals surface area contributed by atoms with Crippen LogP contribution in [-0.4, -0.2) is 41.8 Å². The molecule has 1 unspecified atom stereocenters. The van der Waals surface area contributed by atoms with Crippen LogP contribution in [0.4, 0.5) is 11.7 Å². The van der Waals surface area contributed by atoms with Gasteiger partial charge in [0, 0.05) is 18.7 Å². The van der Waals surface area contributed by atoms with Gasteiger partial charge in [0.25, 0.3) is 5.91 Å². The zero-order chi connectivity index (χ0) is 22.5. The number of hydrogen-bond acceptors (Lipinski definition) is 7. The maximum absolute atomic E-state index is 12.5. The first-order valence-electron chi connectivity index (χ1n) is 10.4. The lowest BCUT2D eigenvalue weighted by Gasteiger charge is -2.16. The molecule has 1 saturated heterocycles. The first kappa shape index (κ1) is 21.4. The molecule has 0 radical (unpaired) electrons. The van der Waals surface area contributed by atoms with Crippen molar-refractivity contribution in [3.8, 4) is 11.5 Å². The number of rotatable bonds is 8. The lowest BCUT2D eigenvalue weighted by atomic mass is 10.1. The third kappa shape index (κ3) is 5.05. The standard InChI is InChI=1S/C23H24N4O5/c1-3-30-18-10-6-17(7-11-18)27-13-16(12-21(27)29)22-25-26-23(32-22)24-20(28)14-31-19-8-4-15(2)5-9-19/h4-11,16H,3,12-14H2,1-2H3,(H,24,26,28). The number of aromatic nitrogens is 2. The number of benzene rings is 2. The lowest BCUT2D eigenvalue weighted by Crippen LogP contribution is -2.24. The van der Waals surface area contributed by atoms with Crippen LogP contribution in [0.3, 0.4) is 0 Å². The molecule has 1 fully saturated rings. The van der Waals surface area contributed by atoms with Crippen molar-refractivity contribution < 1.29 is 23.5 Å². The largest absolute Gasteiger partial charge is 0.494 e. The van der Waals surface area contributed by atoms with Crippen LogP contribution in [0.1, 0.15) is 30.7 Å². The van der Waals surface area contributed by atoms with Gasteiger partial charge in [-0.1, -0.05) is 22.8 Å². The molecule has 1 aromatic heterocycles. The molecule has 1 aliphatic rings. The highest BCUT2D eigenvalue weighted by atomic mass is 16.5. The average Bonchev–Trinajstić information content (AvgIpc) is 3.41. The molecule has 9 heteroatoms. The van der Waals surface area contributed by atoms with Crippen LogP contribution in [0.15, 0.2) is 52.9 Å². The third-order valence-corrected chi connectivity index (χ3v) is 5.01. The van der Waals surface area contributed by atoms with Crippen molar-refractivity contribution in [2.45, 2.75) is 26.2 Å².